The number of aromatic nitrogens is 2. The maximum absolute atomic E-state index is 13.5. The van der Waals surface area contributed by atoms with Crippen LogP contribution in [0.4, 0.5) is 10.1 Å². The molecular weight excluding hydrogens is 217 g/mol. The number of aryl methyl sites for hydroxylation is 1. The fraction of sp³-hybridized carbons (Fsp3) is 0.154. The minimum Gasteiger partial charge on any atom is -0.378 e. The van der Waals surface area contributed by atoms with Gasteiger partial charge >= 0.3 is 0 Å². The third-order valence-corrected chi connectivity index (χ3v) is 2.53. The van der Waals surface area contributed by atoms with Crippen LogP contribution in [0, 0.1) is 12.7 Å². The molecule has 1 aromatic carbocycles. The highest BCUT2D eigenvalue weighted by Gasteiger charge is 2.04. The van der Waals surface area contributed by atoms with Crippen molar-refractivity contribution in [1.29, 1.82) is 0 Å². The molecule has 1 N–H and O–H groups in total. The SMILES string of the molecule is C=Cn1cc(CNc2c(C)cccc2F)cn1. The van der Waals surface area contributed by atoms with Gasteiger partial charge in [-0.15, -0.1) is 0 Å². The lowest BCUT2D eigenvalue weighted by atomic mass is 10.2. The van der Waals surface area contributed by atoms with Crippen molar-refractivity contribution in [1.82, 2.24) is 9.78 Å². The van der Waals surface area contributed by atoms with Gasteiger partial charge in [-0.05, 0) is 18.6 Å². The van der Waals surface area contributed by atoms with Crippen LogP contribution in [-0.2, 0) is 6.54 Å². The molecule has 0 saturated carbocycles. The normalized spacial score (nSPS) is 10.2. The van der Waals surface area contributed by atoms with E-state index in [-0.39, 0.29) is 5.82 Å². The predicted octanol–water partition coefficient (Wildman–Crippen LogP) is 3.04. The topological polar surface area (TPSA) is 29.9 Å². The van der Waals surface area contributed by atoms with E-state index >= 15 is 0 Å². The molecule has 0 fully saturated rings. The second-order valence-corrected chi connectivity index (χ2v) is 3.80. The minimum atomic E-state index is -0.235. The van der Waals surface area contributed by atoms with Crippen molar-refractivity contribution >= 4 is 11.9 Å². The number of anilines is 1. The Bertz CT molecular complexity index is 511. The number of nitrogens with one attached hydrogen (secondary N) is 1. The zero-order valence-electron chi connectivity index (χ0n) is 9.65. The molecule has 1 heterocycles. The van der Waals surface area contributed by atoms with Crippen LogP contribution in [0.5, 0.6) is 0 Å². The minimum absolute atomic E-state index is 0.235. The van der Waals surface area contributed by atoms with Gasteiger partial charge in [-0.25, -0.2) is 9.07 Å². The summed E-state index contributed by atoms with van der Waals surface area (Å²) in [5, 5.41) is 7.13. The quantitative estimate of drug-likeness (QED) is 0.876. The van der Waals surface area contributed by atoms with E-state index in [1.807, 2.05) is 19.2 Å². The summed E-state index contributed by atoms with van der Waals surface area (Å²) in [5.41, 5.74) is 2.41. The lowest BCUT2D eigenvalue weighted by Crippen LogP contribution is -2.02. The molecule has 2 aromatic rings. The fourth-order valence-corrected chi connectivity index (χ4v) is 1.61. The van der Waals surface area contributed by atoms with Crippen molar-refractivity contribution in [2.24, 2.45) is 0 Å². The van der Waals surface area contributed by atoms with E-state index in [0.29, 0.717) is 12.2 Å². The zero-order valence-corrected chi connectivity index (χ0v) is 9.65. The van der Waals surface area contributed by atoms with Gasteiger partial charge in [0.05, 0.1) is 11.9 Å². The van der Waals surface area contributed by atoms with Gasteiger partial charge in [0.25, 0.3) is 0 Å². The van der Waals surface area contributed by atoms with Crippen molar-refractivity contribution in [3.8, 4) is 0 Å². The molecule has 0 aliphatic carbocycles. The van der Waals surface area contributed by atoms with Gasteiger partial charge < -0.3 is 5.32 Å². The Morgan fingerprint density at radius 2 is 2.35 bits per heavy atom. The van der Waals surface area contributed by atoms with Gasteiger partial charge in [-0.2, -0.15) is 5.10 Å². The van der Waals surface area contributed by atoms with Crippen LogP contribution in [0.2, 0.25) is 0 Å². The smallest absolute Gasteiger partial charge is 0.146 e. The Hall–Kier alpha value is -2.10. The molecule has 2 rings (SSSR count). The molecule has 0 aliphatic rings. The third-order valence-electron chi connectivity index (χ3n) is 2.53. The van der Waals surface area contributed by atoms with Gasteiger partial charge in [0.2, 0.25) is 0 Å². The summed E-state index contributed by atoms with van der Waals surface area (Å²) in [6.07, 6.45) is 5.18. The number of nitrogens with zero attached hydrogens (tertiary/aromatic N) is 2. The molecule has 17 heavy (non-hydrogen) atoms. The summed E-state index contributed by atoms with van der Waals surface area (Å²) in [6, 6.07) is 5.02. The largest absolute Gasteiger partial charge is 0.378 e. The van der Waals surface area contributed by atoms with Crippen LogP contribution in [0.1, 0.15) is 11.1 Å². The first-order valence-electron chi connectivity index (χ1n) is 5.35. The number of hydrogen-bond donors (Lipinski definition) is 1. The first-order valence-corrected chi connectivity index (χ1v) is 5.35. The molecule has 4 heteroatoms. The lowest BCUT2D eigenvalue weighted by molar-refractivity contribution is 0.629. The van der Waals surface area contributed by atoms with Gasteiger partial charge in [0.1, 0.15) is 5.82 Å². The average Bonchev–Trinajstić information content (AvgIpc) is 2.76. The molecule has 0 amide bonds. The molecular formula is C13H14FN3. The van der Waals surface area contributed by atoms with Crippen LogP contribution in [0.15, 0.2) is 37.2 Å². The zero-order chi connectivity index (χ0) is 12.3. The second-order valence-electron chi connectivity index (χ2n) is 3.80. The summed E-state index contributed by atoms with van der Waals surface area (Å²) in [4.78, 5) is 0. The highest BCUT2D eigenvalue weighted by atomic mass is 19.1. The van der Waals surface area contributed by atoms with E-state index in [0.717, 1.165) is 11.1 Å². The highest BCUT2D eigenvalue weighted by Crippen LogP contribution is 2.19. The number of halogens is 1. The molecule has 3 nitrogen and oxygen atoms in total. The van der Waals surface area contributed by atoms with Crippen LogP contribution < -0.4 is 5.32 Å². The van der Waals surface area contributed by atoms with Crippen molar-refractivity contribution in [2.75, 3.05) is 5.32 Å². The van der Waals surface area contributed by atoms with E-state index in [2.05, 4.69) is 17.0 Å². The molecule has 0 atom stereocenters. The fourth-order valence-electron chi connectivity index (χ4n) is 1.61. The summed E-state index contributed by atoms with van der Waals surface area (Å²) in [7, 11) is 0. The molecule has 0 saturated heterocycles. The summed E-state index contributed by atoms with van der Waals surface area (Å²) >= 11 is 0. The Morgan fingerprint density at radius 3 is 3.00 bits per heavy atom. The Labute approximate surface area is 99.6 Å². The predicted molar refractivity (Wildman–Crippen MR) is 67.1 cm³/mol. The van der Waals surface area contributed by atoms with Gasteiger partial charge in [-0.1, -0.05) is 18.7 Å². The van der Waals surface area contributed by atoms with E-state index in [9.17, 15) is 4.39 Å². The molecule has 0 aliphatic heterocycles. The third kappa shape index (κ3) is 2.53. The van der Waals surface area contributed by atoms with Crippen LogP contribution in [0.3, 0.4) is 0 Å². The van der Waals surface area contributed by atoms with Crippen molar-refractivity contribution < 1.29 is 4.39 Å². The van der Waals surface area contributed by atoms with Crippen LogP contribution in [-0.4, -0.2) is 9.78 Å². The first kappa shape index (κ1) is 11.4. The Kier molecular flexibility index (Phi) is 3.23. The highest BCUT2D eigenvalue weighted by molar-refractivity contribution is 5.51. The first-order chi connectivity index (χ1) is 8.20. The maximum atomic E-state index is 13.5. The summed E-state index contributed by atoms with van der Waals surface area (Å²) in [6.45, 7) is 6.02. The standard InChI is InChI=1S/C13H14FN3/c1-3-17-9-11(8-16-17)7-15-13-10(2)5-4-6-12(13)14/h3-6,8-9,15H,1,7H2,2H3. The number of para-hydroxylation sites is 1. The molecule has 0 radical (unpaired) electrons. The molecule has 0 unspecified atom stereocenters. The van der Waals surface area contributed by atoms with E-state index < -0.39 is 0 Å². The van der Waals surface area contributed by atoms with Crippen molar-refractivity contribution in [3.63, 3.8) is 0 Å². The van der Waals surface area contributed by atoms with Crippen LogP contribution >= 0.6 is 0 Å². The van der Waals surface area contributed by atoms with E-state index in [1.165, 1.54) is 6.07 Å². The van der Waals surface area contributed by atoms with Gasteiger partial charge in [0.15, 0.2) is 0 Å². The van der Waals surface area contributed by atoms with E-state index in [4.69, 9.17) is 0 Å². The summed E-state index contributed by atoms with van der Waals surface area (Å²) < 4.78 is 15.1. The van der Waals surface area contributed by atoms with Crippen LogP contribution in [0.25, 0.3) is 6.20 Å². The Balaban J connectivity index is 2.09. The number of benzene rings is 1. The molecule has 0 bridgehead atoms. The average molecular weight is 231 g/mol. The molecule has 88 valence electrons. The lowest BCUT2D eigenvalue weighted by Gasteiger charge is -2.09. The Morgan fingerprint density at radius 1 is 1.53 bits per heavy atom. The maximum Gasteiger partial charge on any atom is 0.146 e. The number of rotatable bonds is 4. The van der Waals surface area contributed by atoms with E-state index in [1.54, 1.807) is 23.1 Å². The van der Waals surface area contributed by atoms with Gasteiger partial charge in [-0.3, -0.25) is 0 Å². The van der Waals surface area contributed by atoms with Crippen molar-refractivity contribution in [3.05, 3.63) is 54.1 Å². The monoisotopic (exact) mass is 231 g/mol. The summed E-state index contributed by atoms with van der Waals surface area (Å²) in [5.74, 6) is -0.235. The molecule has 1 aromatic heterocycles. The second kappa shape index (κ2) is 4.82. The van der Waals surface area contributed by atoms with Gasteiger partial charge in [0, 0.05) is 24.5 Å². The molecule has 0 spiro atoms. The van der Waals surface area contributed by atoms with Crippen molar-refractivity contribution in [2.45, 2.75) is 13.5 Å². The number of hydrogen-bond acceptors (Lipinski definition) is 2.